The molecule has 98 valence electrons. The Hall–Kier alpha value is -0.890. The van der Waals surface area contributed by atoms with E-state index in [9.17, 15) is 10.1 Å². The van der Waals surface area contributed by atoms with Crippen molar-refractivity contribution >= 4 is 34.0 Å². The van der Waals surface area contributed by atoms with Gasteiger partial charge in [0, 0.05) is 36.9 Å². The van der Waals surface area contributed by atoms with Crippen LogP contribution in [0.25, 0.3) is 0 Å². The summed E-state index contributed by atoms with van der Waals surface area (Å²) in [5, 5.41) is 14.2. The number of piperazine rings is 1. The summed E-state index contributed by atoms with van der Waals surface area (Å²) in [5.41, 5.74) is 1.25. The minimum atomic E-state index is -0.339. The van der Waals surface area contributed by atoms with E-state index in [4.69, 9.17) is 0 Å². The van der Waals surface area contributed by atoms with Crippen molar-refractivity contribution in [2.75, 3.05) is 24.5 Å². The molecule has 1 aliphatic rings. The first-order chi connectivity index (χ1) is 8.42. The van der Waals surface area contributed by atoms with Gasteiger partial charge in [0.1, 0.15) is 0 Å². The molecule has 5 nitrogen and oxygen atoms in total. The van der Waals surface area contributed by atoms with Gasteiger partial charge < -0.3 is 10.2 Å². The van der Waals surface area contributed by atoms with Gasteiger partial charge in [-0.2, -0.15) is 0 Å². The summed E-state index contributed by atoms with van der Waals surface area (Å²) in [6.07, 6.45) is 0. The Morgan fingerprint density at radius 2 is 2.22 bits per heavy atom. The van der Waals surface area contributed by atoms with E-state index in [0.29, 0.717) is 3.57 Å². The molecule has 0 saturated carbocycles. The van der Waals surface area contributed by atoms with Crippen molar-refractivity contribution in [3.8, 4) is 0 Å². The normalized spacial score (nSPS) is 18.7. The van der Waals surface area contributed by atoms with Crippen molar-refractivity contribution in [2.24, 2.45) is 0 Å². The first-order valence-corrected chi connectivity index (χ1v) is 6.92. The topological polar surface area (TPSA) is 58.4 Å². The molecule has 0 amide bonds. The quantitative estimate of drug-likeness (QED) is 0.499. The van der Waals surface area contributed by atoms with Gasteiger partial charge in [0.2, 0.25) is 0 Å². The number of benzene rings is 1. The molecule has 0 aromatic heterocycles. The maximum Gasteiger partial charge on any atom is 0.282 e. The van der Waals surface area contributed by atoms with E-state index in [1.807, 2.05) is 34.7 Å². The number of nitro benzene ring substituents is 1. The molecular weight excluding hydrogens is 345 g/mol. The van der Waals surface area contributed by atoms with Gasteiger partial charge in [0.05, 0.1) is 8.49 Å². The third-order valence-corrected chi connectivity index (χ3v) is 4.10. The lowest BCUT2D eigenvalue weighted by atomic mass is 9.99. The van der Waals surface area contributed by atoms with E-state index in [1.54, 1.807) is 6.07 Å². The Balaban J connectivity index is 2.34. The van der Waals surface area contributed by atoms with Crippen LogP contribution in [0.3, 0.4) is 0 Å². The van der Waals surface area contributed by atoms with Crippen LogP contribution < -0.4 is 10.2 Å². The smallest absolute Gasteiger partial charge is 0.282 e. The summed E-state index contributed by atoms with van der Waals surface area (Å²) in [7, 11) is 0. The first-order valence-electron chi connectivity index (χ1n) is 5.84. The van der Waals surface area contributed by atoms with Gasteiger partial charge in [0.15, 0.2) is 0 Å². The molecule has 1 aromatic rings. The molecule has 1 N–H and O–H groups in total. The van der Waals surface area contributed by atoms with Gasteiger partial charge in [-0.15, -0.1) is 0 Å². The van der Waals surface area contributed by atoms with Crippen LogP contribution in [0, 0.1) is 13.7 Å². The number of hydrogen-bond acceptors (Lipinski definition) is 4. The fourth-order valence-electron chi connectivity index (χ4n) is 2.27. The molecule has 0 atom stereocenters. The highest BCUT2D eigenvalue weighted by Crippen LogP contribution is 2.30. The highest BCUT2D eigenvalue weighted by molar-refractivity contribution is 14.1. The van der Waals surface area contributed by atoms with E-state index in [2.05, 4.69) is 24.1 Å². The second-order valence-electron chi connectivity index (χ2n) is 5.03. The molecule has 2 rings (SSSR count). The minimum Gasteiger partial charge on any atom is -0.364 e. The fourth-order valence-corrected chi connectivity index (χ4v) is 2.97. The summed E-state index contributed by atoms with van der Waals surface area (Å²) < 4.78 is 0.685. The lowest BCUT2D eigenvalue weighted by Crippen LogP contribution is -2.58. The number of nitro groups is 1. The van der Waals surface area contributed by atoms with E-state index >= 15 is 0 Å². The summed E-state index contributed by atoms with van der Waals surface area (Å²) >= 11 is 2.03. The molecule has 6 heteroatoms. The Morgan fingerprint density at radius 1 is 1.50 bits per heavy atom. The predicted octanol–water partition coefficient (Wildman–Crippen LogP) is 2.39. The zero-order valence-corrected chi connectivity index (χ0v) is 12.6. The number of nitrogens with one attached hydrogen (secondary N) is 1. The number of anilines is 1. The molecule has 0 radical (unpaired) electrons. The van der Waals surface area contributed by atoms with Crippen LogP contribution in [0.4, 0.5) is 11.4 Å². The van der Waals surface area contributed by atoms with Crippen LogP contribution in [-0.2, 0) is 0 Å². The largest absolute Gasteiger partial charge is 0.364 e. The molecule has 0 unspecified atom stereocenters. The third kappa shape index (κ3) is 2.59. The lowest BCUT2D eigenvalue weighted by Gasteiger charge is -2.44. The molecular formula is C12H16IN3O2. The average Bonchev–Trinajstić information content (AvgIpc) is 2.27. The Bertz CT molecular complexity index is 476. The third-order valence-electron chi connectivity index (χ3n) is 3.24. The van der Waals surface area contributed by atoms with E-state index in [-0.39, 0.29) is 16.1 Å². The predicted molar refractivity (Wildman–Crippen MR) is 80.1 cm³/mol. The van der Waals surface area contributed by atoms with E-state index in [1.165, 1.54) is 0 Å². The van der Waals surface area contributed by atoms with Crippen molar-refractivity contribution in [1.82, 2.24) is 5.32 Å². The zero-order valence-electron chi connectivity index (χ0n) is 10.4. The number of hydrogen-bond donors (Lipinski definition) is 1. The van der Waals surface area contributed by atoms with Gasteiger partial charge in [0.25, 0.3) is 5.69 Å². The second kappa shape index (κ2) is 5.00. The number of rotatable bonds is 2. The van der Waals surface area contributed by atoms with Crippen molar-refractivity contribution in [2.45, 2.75) is 19.4 Å². The SMILES string of the molecule is CC1(C)CNCCN1c1ccc([N+](=O)[O-])c(I)c1. The Morgan fingerprint density at radius 3 is 2.78 bits per heavy atom. The van der Waals surface area contributed by atoms with Crippen LogP contribution in [0.2, 0.25) is 0 Å². The minimum absolute atomic E-state index is 0.0253. The van der Waals surface area contributed by atoms with Crippen LogP contribution >= 0.6 is 22.6 Å². The zero-order chi connectivity index (χ0) is 13.3. The van der Waals surface area contributed by atoms with Crippen molar-refractivity contribution < 1.29 is 4.92 Å². The molecule has 1 fully saturated rings. The first kappa shape index (κ1) is 13.5. The summed E-state index contributed by atoms with van der Waals surface area (Å²) in [6.45, 7) is 7.12. The van der Waals surface area contributed by atoms with Gasteiger partial charge in [-0.25, -0.2) is 0 Å². The van der Waals surface area contributed by atoms with Crippen molar-refractivity contribution in [3.63, 3.8) is 0 Å². The molecule has 1 aromatic carbocycles. The van der Waals surface area contributed by atoms with Crippen molar-refractivity contribution in [3.05, 3.63) is 31.9 Å². The Kier molecular flexibility index (Phi) is 3.76. The van der Waals surface area contributed by atoms with Crippen LogP contribution in [0.15, 0.2) is 18.2 Å². The van der Waals surface area contributed by atoms with Gasteiger partial charge in [-0.3, -0.25) is 10.1 Å². The molecule has 1 heterocycles. The average molecular weight is 361 g/mol. The van der Waals surface area contributed by atoms with E-state index in [0.717, 1.165) is 25.3 Å². The van der Waals surface area contributed by atoms with Crippen LogP contribution in [-0.4, -0.2) is 30.1 Å². The Labute approximate surface area is 120 Å². The number of halogens is 1. The fraction of sp³-hybridized carbons (Fsp3) is 0.500. The summed E-state index contributed by atoms with van der Waals surface area (Å²) in [6, 6.07) is 5.33. The highest BCUT2D eigenvalue weighted by Gasteiger charge is 2.30. The van der Waals surface area contributed by atoms with Gasteiger partial charge >= 0.3 is 0 Å². The molecule has 0 bridgehead atoms. The maximum absolute atomic E-state index is 10.8. The van der Waals surface area contributed by atoms with Crippen molar-refractivity contribution in [1.29, 1.82) is 0 Å². The summed E-state index contributed by atoms with van der Waals surface area (Å²) in [5.74, 6) is 0. The summed E-state index contributed by atoms with van der Waals surface area (Å²) in [4.78, 5) is 12.8. The molecule has 1 saturated heterocycles. The standard InChI is InChI=1S/C12H16IN3O2/c1-12(2)8-14-5-6-15(12)9-3-4-11(16(17)18)10(13)7-9/h3-4,7,14H,5-6,8H2,1-2H3. The number of nitrogens with zero attached hydrogens (tertiary/aromatic N) is 2. The monoisotopic (exact) mass is 361 g/mol. The lowest BCUT2D eigenvalue weighted by molar-refractivity contribution is -0.385. The molecule has 18 heavy (non-hydrogen) atoms. The van der Waals surface area contributed by atoms with Crippen LogP contribution in [0.5, 0.6) is 0 Å². The molecule has 0 aliphatic carbocycles. The van der Waals surface area contributed by atoms with E-state index < -0.39 is 0 Å². The molecule has 1 aliphatic heterocycles. The second-order valence-corrected chi connectivity index (χ2v) is 6.20. The maximum atomic E-state index is 10.8. The van der Waals surface area contributed by atoms with Crippen LogP contribution in [0.1, 0.15) is 13.8 Å². The van der Waals surface area contributed by atoms with Gasteiger partial charge in [-0.05, 0) is 48.6 Å². The molecule has 0 spiro atoms. The highest BCUT2D eigenvalue weighted by atomic mass is 127. The van der Waals surface area contributed by atoms with Gasteiger partial charge in [-0.1, -0.05) is 0 Å².